The summed E-state index contributed by atoms with van der Waals surface area (Å²) in [6, 6.07) is 5.62. The number of hydrogen-bond donors (Lipinski definition) is 2. The van der Waals surface area contributed by atoms with E-state index in [9.17, 15) is 26.8 Å². The molecule has 0 amide bonds. The van der Waals surface area contributed by atoms with Crippen molar-refractivity contribution in [3.63, 3.8) is 0 Å². The monoisotopic (exact) mass is 382 g/mol. The van der Waals surface area contributed by atoms with Crippen LogP contribution < -0.4 is 16.0 Å². The van der Waals surface area contributed by atoms with Gasteiger partial charge in [-0.15, -0.1) is 0 Å². The highest BCUT2D eigenvalue weighted by atomic mass is 32.2. The molecule has 8 nitrogen and oxygen atoms in total. The Morgan fingerprint density at radius 1 is 1.12 bits per heavy atom. The Morgan fingerprint density at radius 3 is 2.50 bits per heavy atom. The van der Waals surface area contributed by atoms with Crippen molar-refractivity contribution in [2.45, 2.75) is 11.4 Å². The zero-order chi connectivity index (χ0) is 18.9. The van der Waals surface area contributed by atoms with Crippen LogP contribution in [0.3, 0.4) is 0 Å². The molecule has 3 aromatic rings. The van der Waals surface area contributed by atoms with E-state index in [0.717, 1.165) is 22.8 Å². The van der Waals surface area contributed by atoms with Crippen molar-refractivity contribution in [1.82, 2.24) is 19.3 Å². The predicted molar refractivity (Wildman–Crippen MR) is 88.2 cm³/mol. The van der Waals surface area contributed by atoms with Gasteiger partial charge in [-0.2, -0.15) is 0 Å². The van der Waals surface area contributed by atoms with Crippen LogP contribution >= 0.6 is 0 Å². The van der Waals surface area contributed by atoms with E-state index in [1.807, 2.05) is 4.72 Å². The third kappa shape index (κ3) is 3.26. The third-order valence-electron chi connectivity index (χ3n) is 3.57. The van der Waals surface area contributed by atoms with Gasteiger partial charge in [-0.05, 0) is 24.3 Å². The maximum atomic E-state index is 13.6. The number of hydrogen-bond acceptors (Lipinski definition) is 5. The number of nitrogens with one attached hydrogen (secondary N) is 2. The van der Waals surface area contributed by atoms with E-state index >= 15 is 0 Å². The second-order valence-corrected chi connectivity index (χ2v) is 6.94. The van der Waals surface area contributed by atoms with Crippen LogP contribution in [0.1, 0.15) is 0 Å². The Morgan fingerprint density at radius 2 is 1.81 bits per heavy atom. The summed E-state index contributed by atoms with van der Waals surface area (Å²) in [5.41, 5.74) is -1.33. The lowest BCUT2D eigenvalue weighted by Gasteiger charge is -2.09. The van der Waals surface area contributed by atoms with Crippen molar-refractivity contribution in [3.05, 3.63) is 69.0 Å². The molecule has 0 fully saturated rings. The first kappa shape index (κ1) is 17.9. The molecule has 2 heterocycles. The van der Waals surface area contributed by atoms with E-state index in [4.69, 9.17) is 0 Å². The fourth-order valence-electron chi connectivity index (χ4n) is 2.39. The predicted octanol–water partition coefficient (Wildman–Crippen LogP) is 0.341. The van der Waals surface area contributed by atoms with Gasteiger partial charge in [0.15, 0.2) is 4.90 Å². The van der Waals surface area contributed by atoms with Gasteiger partial charge in [0.2, 0.25) is 10.0 Å². The molecule has 0 saturated heterocycles. The molecule has 2 aromatic heterocycles. The van der Waals surface area contributed by atoms with E-state index in [1.165, 1.54) is 18.3 Å². The molecule has 0 aliphatic rings. The second-order valence-electron chi connectivity index (χ2n) is 5.24. The number of rotatable bonds is 5. The Labute approximate surface area is 145 Å². The summed E-state index contributed by atoms with van der Waals surface area (Å²) in [6.07, 6.45) is 1.40. The number of aromatic amines is 1. The molecule has 136 valence electrons. The molecule has 11 heteroatoms. The second kappa shape index (κ2) is 6.77. The summed E-state index contributed by atoms with van der Waals surface area (Å²) in [6.45, 7) is -0.765. The molecular weight excluding hydrogens is 370 g/mol. The quantitative estimate of drug-likeness (QED) is 0.661. The normalized spacial score (nSPS) is 11.8. The van der Waals surface area contributed by atoms with E-state index in [-0.39, 0.29) is 17.6 Å². The molecule has 0 unspecified atom stereocenters. The molecule has 0 aliphatic carbocycles. The molecular formula is C15H12F2N4O4S. The van der Waals surface area contributed by atoms with Gasteiger partial charge in [0, 0.05) is 19.3 Å². The minimum atomic E-state index is -4.50. The van der Waals surface area contributed by atoms with Gasteiger partial charge in [-0.3, -0.25) is 14.3 Å². The molecule has 0 bridgehead atoms. The number of nitrogens with zero attached hydrogens (tertiary/aromatic N) is 2. The van der Waals surface area contributed by atoms with Gasteiger partial charge in [-0.1, -0.05) is 6.07 Å². The smallest absolute Gasteiger partial charge is 0.291 e. The average Bonchev–Trinajstić information content (AvgIpc) is 2.57. The minimum absolute atomic E-state index is 0.104. The van der Waals surface area contributed by atoms with E-state index < -0.39 is 44.3 Å². The molecule has 0 atom stereocenters. The van der Waals surface area contributed by atoms with Crippen molar-refractivity contribution < 1.29 is 17.2 Å². The van der Waals surface area contributed by atoms with Gasteiger partial charge in [0.05, 0.1) is 5.39 Å². The van der Waals surface area contributed by atoms with Crippen molar-refractivity contribution in [3.8, 4) is 0 Å². The number of fused-ring (bicyclic) bond motifs is 1. The van der Waals surface area contributed by atoms with E-state index in [0.29, 0.717) is 0 Å². The van der Waals surface area contributed by atoms with Gasteiger partial charge >= 0.3 is 5.69 Å². The maximum Gasteiger partial charge on any atom is 0.330 e. The molecule has 0 spiro atoms. The summed E-state index contributed by atoms with van der Waals surface area (Å²) in [5, 5.41) is 0.148. The molecule has 26 heavy (non-hydrogen) atoms. The van der Waals surface area contributed by atoms with Crippen LogP contribution in [0.25, 0.3) is 11.0 Å². The largest absolute Gasteiger partial charge is 0.330 e. The standard InChI is InChI=1S/C15H12F2N4O4S/c16-10-4-1-5-11(17)12(10)26(24,25)19-7-8-21-14(22)9-3-2-6-18-13(9)20-15(21)23/h1-6,19H,7-8H2,(H,18,20,23). The van der Waals surface area contributed by atoms with Crippen molar-refractivity contribution in [1.29, 1.82) is 0 Å². The number of halogens is 2. The zero-order valence-electron chi connectivity index (χ0n) is 13.1. The summed E-state index contributed by atoms with van der Waals surface area (Å²) in [5.74, 6) is -2.49. The third-order valence-corrected chi connectivity index (χ3v) is 5.08. The van der Waals surface area contributed by atoms with Crippen LogP contribution in [0.15, 0.2) is 51.0 Å². The van der Waals surface area contributed by atoms with E-state index in [1.54, 1.807) is 0 Å². The summed E-state index contributed by atoms with van der Waals surface area (Å²) in [7, 11) is -4.50. The first-order valence-electron chi connectivity index (χ1n) is 7.33. The Balaban J connectivity index is 1.86. The maximum absolute atomic E-state index is 13.6. The number of sulfonamides is 1. The summed E-state index contributed by atoms with van der Waals surface area (Å²) >= 11 is 0. The van der Waals surface area contributed by atoms with Gasteiger partial charge in [0.1, 0.15) is 17.3 Å². The van der Waals surface area contributed by atoms with Crippen molar-refractivity contribution >= 4 is 21.1 Å². The zero-order valence-corrected chi connectivity index (χ0v) is 13.9. The summed E-state index contributed by atoms with van der Waals surface area (Å²) in [4.78, 5) is 29.4. The molecule has 0 saturated carbocycles. The Kier molecular flexibility index (Phi) is 4.66. The molecule has 0 radical (unpaired) electrons. The molecule has 1 aromatic carbocycles. The number of aromatic nitrogens is 3. The minimum Gasteiger partial charge on any atom is -0.291 e. The van der Waals surface area contributed by atoms with Gasteiger partial charge in [-0.25, -0.2) is 31.7 Å². The highest BCUT2D eigenvalue weighted by Gasteiger charge is 2.23. The lowest BCUT2D eigenvalue weighted by molar-refractivity contribution is 0.511. The highest BCUT2D eigenvalue weighted by molar-refractivity contribution is 7.89. The molecule has 2 N–H and O–H groups in total. The van der Waals surface area contributed by atoms with Crippen LogP contribution in [-0.4, -0.2) is 29.5 Å². The van der Waals surface area contributed by atoms with Crippen LogP contribution in [0, 0.1) is 11.6 Å². The van der Waals surface area contributed by atoms with Crippen LogP contribution in [-0.2, 0) is 16.6 Å². The lowest BCUT2D eigenvalue weighted by atomic mass is 10.3. The number of H-pyrrole nitrogens is 1. The first-order chi connectivity index (χ1) is 12.3. The topological polar surface area (TPSA) is 114 Å². The SMILES string of the molecule is O=c1[nH]c2ncccc2c(=O)n1CCNS(=O)(=O)c1c(F)cccc1F. The lowest BCUT2D eigenvalue weighted by Crippen LogP contribution is -2.39. The number of pyridine rings is 1. The highest BCUT2D eigenvalue weighted by Crippen LogP contribution is 2.17. The van der Waals surface area contributed by atoms with Gasteiger partial charge < -0.3 is 0 Å². The average molecular weight is 382 g/mol. The van der Waals surface area contributed by atoms with Crippen molar-refractivity contribution in [2.24, 2.45) is 0 Å². The fraction of sp³-hybridized carbons (Fsp3) is 0.133. The van der Waals surface area contributed by atoms with Gasteiger partial charge in [0.25, 0.3) is 5.56 Å². The van der Waals surface area contributed by atoms with Crippen LogP contribution in [0.2, 0.25) is 0 Å². The number of benzene rings is 1. The Bertz CT molecular complexity index is 1180. The molecule has 0 aliphatic heterocycles. The van der Waals surface area contributed by atoms with Crippen LogP contribution in [0.4, 0.5) is 8.78 Å². The Hall–Kier alpha value is -2.92. The first-order valence-corrected chi connectivity index (χ1v) is 8.81. The molecule has 3 rings (SSSR count). The fourth-order valence-corrected chi connectivity index (χ4v) is 3.54. The van der Waals surface area contributed by atoms with Crippen LogP contribution in [0.5, 0.6) is 0 Å². The van der Waals surface area contributed by atoms with E-state index in [2.05, 4.69) is 9.97 Å². The van der Waals surface area contributed by atoms with Crippen molar-refractivity contribution in [2.75, 3.05) is 6.54 Å². The summed E-state index contributed by atoms with van der Waals surface area (Å²) < 4.78 is 54.1.